The minimum Gasteiger partial charge on any atom is -0.463 e. The number of nitrogens with one attached hydrogen (secondary N) is 1. The van der Waals surface area contributed by atoms with Gasteiger partial charge in [0.1, 0.15) is 5.69 Å². The molecule has 0 fully saturated rings. The molecule has 0 atom stereocenters. The van der Waals surface area contributed by atoms with Gasteiger partial charge < -0.3 is 9.73 Å². The van der Waals surface area contributed by atoms with Crippen LogP contribution in [0.3, 0.4) is 0 Å². The number of carbonyl (C=O) groups excluding carboxylic acids is 1. The molecule has 0 radical (unpaired) electrons. The Morgan fingerprint density at radius 2 is 2.08 bits per heavy atom. The summed E-state index contributed by atoms with van der Waals surface area (Å²) >= 11 is 2.92. The van der Waals surface area contributed by atoms with E-state index in [-0.39, 0.29) is 12.5 Å². The Morgan fingerprint density at radius 1 is 1.16 bits per heavy atom. The number of thiophene rings is 1. The van der Waals surface area contributed by atoms with Crippen molar-refractivity contribution in [2.24, 2.45) is 0 Å². The van der Waals surface area contributed by atoms with Crippen LogP contribution in [0.1, 0.15) is 15.5 Å². The Kier molecular flexibility index (Phi) is 4.36. The van der Waals surface area contributed by atoms with Crippen molar-refractivity contribution in [3.63, 3.8) is 0 Å². The highest BCUT2D eigenvalue weighted by molar-refractivity contribution is 7.15. The van der Waals surface area contributed by atoms with Crippen LogP contribution in [0.5, 0.6) is 0 Å². The van der Waals surface area contributed by atoms with Crippen LogP contribution in [-0.2, 0) is 6.54 Å². The lowest BCUT2D eigenvalue weighted by molar-refractivity contribution is 0.0950. The van der Waals surface area contributed by atoms with Crippen LogP contribution in [0.25, 0.3) is 22.0 Å². The van der Waals surface area contributed by atoms with Gasteiger partial charge in [-0.05, 0) is 23.6 Å². The molecular formula is C17H12N4O2S2. The van der Waals surface area contributed by atoms with Crippen molar-refractivity contribution in [2.75, 3.05) is 0 Å². The highest BCUT2D eigenvalue weighted by Gasteiger charge is 2.15. The maximum Gasteiger partial charge on any atom is 0.280 e. The molecule has 0 aliphatic heterocycles. The first-order valence-corrected chi connectivity index (χ1v) is 9.18. The molecule has 0 spiro atoms. The van der Waals surface area contributed by atoms with E-state index in [1.165, 1.54) is 11.3 Å². The standard InChI is InChI=1S/C17H12N4O2S2/c22-16(17-21-12(10-25-17)14-4-2-8-24-14)20-9-11-15(19-6-5-18-11)13-3-1-7-23-13/h1-8,10H,9H2,(H,20,22). The van der Waals surface area contributed by atoms with E-state index < -0.39 is 0 Å². The first-order valence-electron chi connectivity index (χ1n) is 7.42. The number of rotatable bonds is 5. The van der Waals surface area contributed by atoms with Crippen molar-refractivity contribution in [3.05, 3.63) is 64.4 Å². The summed E-state index contributed by atoms with van der Waals surface area (Å²) in [6, 6.07) is 7.54. The number of hydrogen-bond acceptors (Lipinski definition) is 7. The van der Waals surface area contributed by atoms with E-state index in [4.69, 9.17) is 4.42 Å². The maximum absolute atomic E-state index is 12.4. The Balaban J connectivity index is 1.48. The molecule has 1 amide bonds. The molecule has 4 aromatic heterocycles. The third kappa shape index (κ3) is 3.35. The number of furan rings is 1. The zero-order valence-electron chi connectivity index (χ0n) is 12.9. The molecule has 6 nitrogen and oxygen atoms in total. The Bertz CT molecular complexity index is 978. The van der Waals surface area contributed by atoms with Crippen molar-refractivity contribution in [3.8, 4) is 22.0 Å². The second-order valence-electron chi connectivity index (χ2n) is 5.03. The van der Waals surface area contributed by atoms with Gasteiger partial charge in [-0.2, -0.15) is 0 Å². The highest BCUT2D eigenvalue weighted by atomic mass is 32.1. The normalized spacial score (nSPS) is 10.7. The fourth-order valence-corrected chi connectivity index (χ4v) is 3.76. The van der Waals surface area contributed by atoms with Crippen molar-refractivity contribution in [1.82, 2.24) is 20.3 Å². The number of carbonyl (C=O) groups is 1. The van der Waals surface area contributed by atoms with Gasteiger partial charge in [-0.1, -0.05) is 6.07 Å². The lowest BCUT2D eigenvalue weighted by atomic mass is 10.2. The third-order valence-corrected chi connectivity index (χ3v) is 5.15. The summed E-state index contributed by atoms with van der Waals surface area (Å²) in [4.78, 5) is 26.4. The SMILES string of the molecule is O=C(NCc1nccnc1-c1ccco1)c1nc(-c2cccs2)cs1. The summed E-state index contributed by atoms with van der Waals surface area (Å²) in [5.74, 6) is 0.385. The molecule has 4 rings (SSSR count). The first kappa shape index (κ1) is 15.7. The fourth-order valence-electron chi connectivity index (χ4n) is 2.27. The smallest absolute Gasteiger partial charge is 0.280 e. The molecule has 0 aliphatic rings. The molecule has 0 saturated carbocycles. The summed E-state index contributed by atoms with van der Waals surface area (Å²) in [5, 5.41) is 7.14. The predicted octanol–water partition coefficient (Wildman–Crippen LogP) is 3.85. The summed E-state index contributed by atoms with van der Waals surface area (Å²) in [7, 11) is 0. The molecule has 4 heterocycles. The molecule has 0 aromatic carbocycles. The number of amides is 1. The highest BCUT2D eigenvalue weighted by Crippen LogP contribution is 2.26. The average molecular weight is 368 g/mol. The molecule has 8 heteroatoms. The van der Waals surface area contributed by atoms with Crippen LogP contribution in [-0.4, -0.2) is 20.9 Å². The maximum atomic E-state index is 12.4. The van der Waals surface area contributed by atoms with E-state index in [0.717, 1.165) is 10.6 Å². The lowest BCUT2D eigenvalue weighted by Gasteiger charge is -2.06. The Morgan fingerprint density at radius 3 is 2.88 bits per heavy atom. The average Bonchev–Trinajstić information content (AvgIpc) is 3.41. The van der Waals surface area contributed by atoms with Gasteiger partial charge in [-0.15, -0.1) is 22.7 Å². The topological polar surface area (TPSA) is 80.9 Å². The quantitative estimate of drug-likeness (QED) is 0.579. The second-order valence-corrected chi connectivity index (χ2v) is 6.83. The monoisotopic (exact) mass is 368 g/mol. The Hall–Kier alpha value is -2.84. The zero-order chi connectivity index (χ0) is 17.1. The van der Waals surface area contributed by atoms with Gasteiger partial charge in [0.15, 0.2) is 10.8 Å². The van der Waals surface area contributed by atoms with Crippen molar-refractivity contribution >= 4 is 28.6 Å². The van der Waals surface area contributed by atoms with Crippen molar-refractivity contribution < 1.29 is 9.21 Å². The van der Waals surface area contributed by atoms with Gasteiger partial charge in [0.25, 0.3) is 5.91 Å². The molecular weight excluding hydrogens is 356 g/mol. The van der Waals surface area contributed by atoms with Crippen molar-refractivity contribution in [1.29, 1.82) is 0 Å². The van der Waals surface area contributed by atoms with Crippen LogP contribution in [0, 0.1) is 0 Å². The first-order chi connectivity index (χ1) is 12.3. The summed E-state index contributed by atoms with van der Waals surface area (Å²) in [5.41, 5.74) is 2.08. The molecule has 0 aliphatic carbocycles. The molecule has 4 aromatic rings. The van der Waals surface area contributed by atoms with Gasteiger partial charge >= 0.3 is 0 Å². The van der Waals surface area contributed by atoms with Crippen LogP contribution in [0.2, 0.25) is 0 Å². The van der Waals surface area contributed by atoms with Crippen molar-refractivity contribution in [2.45, 2.75) is 6.54 Å². The second kappa shape index (κ2) is 6.96. The molecule has 0 saturated heterocycles. The minimum atomic E-state index is -0.233. The predicted molar refractivity (Wildman–Crippen MR) is 96.3 cm³/mol. The summed E-state index contributed by atoms with van der Waals surface area (Å²) < 4.78 is 5.37. The molecule has 0 unspecified atom stereocenters. The van der Waals surface area contributed by atoms with E-state index in [1.54, 1.807) is 36.1 Å². The van der Waals surface area contributed by atoms with Crippen LogP contribution in [0.4, 0.5) is 0 Å². The van der Waals surface area contributed by atoms with Gasteiger partial charge in [-0.3, -0.25) is 9.78 Å². The summed E-state index contributed by atoms with van der Waals surface area (Å²) in [6.07, 6.45) is 4.76. The number of aromatic nitrogens is 3. The van der Waals surface area contributed by atoms with E-state index in [1.807, 2.05) is 29.0 Å². The van der Waals surface area contributed by atoms with Crippen LogP contribution in [0.15, 0.2) is 58.1 Å². The van der Waals surface area contributed by atoms with E-state index in [9.17, 15) is 4.79 Å². The molecule has 1 N–H and O–H groups in total. The number of nitrogens with zero attached hydrogens (tertiary/aromatic N) is 3. The largest absolute Gasteiger partial charge is 0.463 e. The number of hydrogen-bond donors (Lipinski definition) is 1. The molecule has 124 valence electrons. The van der Waals surface area contributed by atoms with Gasteiger partial charge in [0.05, 0.1) is 29.1 Å². The zero-order valence-corrected chi connectivity index (χ0v) is 14.5. The minimum absolute atomic E-state index is 0.233. The van der Waals surface area contributed by atoms with E-state index in [2.05, 4.69) is 20.3 Å². The molecule has 25 heavy (non-hydrogen) atoms. The molecule has 0 bridgehead atoms. The summed E-state index contributed by atoms with van der Waals surface area (Å²) in [6.45, 7) is 0.247. The lowest BCUT2D eigenvalue weighted by Crippen LogP contribution is -2.23. The van der Waals surface area contributed by atoms with Crippen LogP contribution >= 0.6 is 22.7 Å². The number of thiazole rings is 1. The fraction of sp³-hybridized carbons (Fsp3) is 0.0588. The van der Waals surface area contributed by atoms with Gasteiger partial charge in [0, 0.05) is 17.8 Å². The van der Waals surface area contributed by atoms with E-state index in [0.29, 0.717) is 22.2 Å². The van der Waals surface area contributed by atoms with Gasteiger partial charge in [-0.25, -0.2) is 9.97 Å². The van der Waals surface area contributed by atoms with Crippen LogP contribution < -0.4 is 5.32 Å². The Labute approximate surface area is 151 Å². The van der Waals surface area contributed by atoms with Gasteiger partial charge in [0.2, 0.25) is 0 Å². The van der Waals surface area contributed by atoms with E-state index >= 15 is 0 Å². The third-order valence-electron chi connectivity index (χ3n) is 3.42.